The van der Waals surface area contributed by atoms with Gasteiger partial charge in [-0.3, -0.25) is 9.59 Å². The number of hydrogen-bond donors (Lipinski definition) is 2. The molecular formula is C20H20Br2ClN3O3. The second kappa shape index (κ2) is 11.3. The third-order valence-electron chi connectivity index (χ3n) is 3.76. The number of aryl methyl sites for hydroxylation is 1. The molecule has 0 bridgehead atoms. The van der Waals surface area contributed by atoms with Gasteiger partial charge in [-0.15, -0.1) is 0 Å². The van der Waals surface area contributed by atoms with Gasteiger partial charge in [0.1, 0.15) is 5.75 Å². The van der Waals surface area contributed by atoms with Crippen LogP contribution in [0.1, 0.15) is 24.5 Å². The molecule has 0 aliphatic rings. The van der Waals surface area contributed by atoms with E-state index in [9.17, 15) is 9.59 Å². The van der Waals surface area contributed by atoms with Crippen LogP contribution in [0.15, 0.2) is 50.4 Å². The molecule has 6 nitrogen and oxygen atoms in total. The molecule has 9 heteroatoms. The standard InChI is InChI=1S/C20H20Br2ClN3O3/c1-12-7-18(17(22)9-16(12)21)29-11-20(28)26-25-13(2)8-19(27)24-10-14-3-5-15(23)6-4-14/h3-7,9H,8,10-11H2,1-2H3,(H,24,27)(H,26,28)/b25-13-. The number of amides is 2. The van der Waals surface area contributed by atoms with Crippen molar-refractivity contribution >= 4 is 61.0 Å². The minimum absolute atomic E-state index is 0.0756. The van der Waals surface area contributed by atoms with Crippen LogP contribution in [0.3, 0.4) is 0 Å². The lowest BCUT2D eigenvalue weighted by Gasteiger charge is -2.10. The van der Waals surface area contributed by atoms with Gasteiger partial charge >= 0.3 is 0 Å². The quantitative estimate of drug-likeness (QED) is 0.371. The van der Waals surface area contributed by atoms with E-state index in [4.69, 9.17) is 16.3 Å². The number of carbonyl (C=O) groups excluding carboxylic acids is 2. The molecule has 0 spiro atoms. The third kappa shape index (κ3) is 8.16. The minimum Gasteiger partial charge on any atom is -0.483 e. The zero-order chi connectivity index (χ0) is 21.4. The van der Waals surface area contributed by atoms with Gasteiger partial charge in [0.05, 0.1) is 10.9 Å². The van der Waals surface area contributed by atoms with Crippen LogP contribution in [-0.2, 0) is 16.1 Å². The molecule has 0 aromatic heterocycles. The lowest BCUT2D eigenvalue weighted by atomic mass is 10.2. The van der Waals surface area contributed by atoms with E-state index in [0.29, 0.717) is 23.0 Å². The van der Waals surface area contributed by atoms with E-state index in [-0.39, 0.29) is 18.9 Å². The third-order valence-corrected chi connectivity index (χ3v) is 5.49. The number of nitrogens with zero attached hydrogens (tertiary/aromatic N) is 1. The van der Waals surface area contributed by atoms with Crippen molar-refractivity contribution < 1.29 is 14.3 Å². The molecule has 29 heavy (non-hydrogen) atoms. The smallest absolute Gasteiger partial charge is 0.277 e. The summed E-state index contributed by atoms with van der Waals surface area (Å²) < 4.78 is 7.18. The van der Waals surface area contributed by atoms with E-state index >= 15 is 0 Å². The van der Waals surface area contributed by atoms with Gasteiger partial charge in [0.2, 0.25) is 5.91 Å². The maximum Gasteiger partial charge on any atom is 0.277 e. The molecule has 2 aromatic carbocycles. The molecule has 0 unspecified atom stereocenters. The summed E-state index contributed by atoms with van der Waals surface area (Å²) in [4.78, 5) is 23.9. The van der Waals surface area contributed by atoms with E-state index < -0.39 is 5.91 Å². The number of nitrogens with one attached hydrogen (secondary N) is 2. The molecule has 0 saturated carbocycles. The van der Waals surface area contributed by atoms with Crippen molar-refractivity contribution in [1.29, 1.82) is 0 Å². The van der Waals surface area contributed by atoms with Gasteiger partial charge in [0.25, 0.3) is 5.91 Å². The van der Waals surface area contributed by atoms with Crippen LogP contribution in [0.2, 0.25) is 5.02 Å². The largest absolute Gasteiger partial charge is 0.483 e. The van der Waals surface area contributed by atoms with Crippen LogP contribution in [0.25, 0.3) is 0 Å². The number of hydrazone groups is 1. The fourth-order valence-corrected chi connectivity index (χ4v) is 3.45. The summed E-state index contributed by atoms with van der Waals surface area (Å²) in [6.07, 6.45) is 0.0756. The van der Waals surface area contributed by atoms with Crippen LogP contribution in [-0.4, -0.2) is 24.1 Å². The summed E-state index contributed by atoms with van der Waals surface area (Å²) in [6, 6.07) is 10.9. The fraction of sp³-hybridized carbons (Fsp3) is 0.250. The Morgan fingerprint density at radius 1 is 1.10 bits per heavy atom. The maximum absolute atomic E-state index is 12.0. The van der Waals surface area contributed by atoms with Crippen LogP contribution >= 0.6 is 43.5 Å². The van der Waals surface area contributed by atoms with E-state index in [1.54, 1.807) is 19.1 Å². The van der Waals surface area contributed by atoms with E-state index in [2.05, 4.69) is 47.7 Å². The van der Waals surface area contributed by atoms with Crippen LogP contribution < -0.4 is 15.5 Å². The van der Waals surface area contributed by atoms with Crippen molar-refractivity contribution in [2.45, 2.75) is 26.8 Å². The Bertz CT molecular complexity index is 918. The van der Waals surface area contributed by atoms with Crippen molar-refractivity contribution in [3.8, 4) is 5.75 Å². The van der Waals surface area contributed by atoms with Crippen LogP contribution in [0, 0.1) is 6.92 Å². The number of carbonyl (C=O) groups is 2. The van der Waals surface area contributed by atoms with E-state index in [1.807, 2.05) is 31.2 Å². The monoisotopic (exact) mass is 543 g/mol. The molecule has 0 radical (unpaired) electrons. The zero-order valence-corrected chi connectivity index (χ0v) is 19.8. The molecule has 2 aromatic rings. The number of ether oxygens (including phenoxy) is 1. The average molecular weight is 546 g/mol. The summed E-state index contributed by atoms with van der Waals surface area (Å²) in [5.74, 6) is -0.0532. The van der Waals surface area contributed by atoms with Crippen molar-refractivity contribution in [3.63, 3.8) is 0 Å². The number of rotatable bonds is 8. The first-order valence-corrected chi connectivity index (χ1v) is 10.6. The Hall–Kier alpha value is -1.90. The highest BCUT2D eigenvalue weighted by Gasteiger charge is 2.09. The number of hydrogen-bond acceptors (Lipinski definition) is 4. The first-order valence-electron chi connectivity index (χ1n) is 8.66. The Labute approximate surface area is 191 Å². The normalized spacial score (nSPS) is 11.1. The molecule has 0 aliphatic heterocycles. The molecule has 0 saturated heterocycles. The number of benzene rings is 2. The van der Waals surface area contributed by atoms with Crippen LogP contribution in [0.5, 0.6) is 5.75 Å². The van der Waals surface area contributed by atoms with Crippen molar-refractivity contribution in [2.24, 2.45) is 5.10 Å². The van der Waals surface area contributed by atoms with Crippen molar-refractivity contribution in [1.82, 2.24) is 10.7 Å². The summed E-state index contributed by atoms with van der Waals surface area (Å²) in [6.45, 7) is 3.79. The van der Waals surface area contributed by atoms with Gasteiger partial charge in [-0.25, -0.2) is 5.43 Å². The lowest BCUT2D eigenvalue weighted by Crippen LogP contribution is -2.28. The van der Waals surface area contributed by atoms with Gasteiger partial charge in [-0.2, -0.15) is 5.10 Å². The second-order valence-corrected chi connectivity index (χ2v) is 8.43. The van der Waals surface area contributed by atoms with E-state index in [0.717, 1.165) is 20.1 Å². The molecule has 2 rings (SSSR count). The SMILES string of the molecule is C/C(CC(=O)NCc1ccc(Cl)cc1)=N/NC(=O)COc1cc(C)c(Br)cc1Br. The first kappa shape index (κ1) is 23.4. The molecule has 2 N–H and O–H groups in total. The second-order valence-electron chi connectivity index (χ2n) is 6.28. The Kier molecular flexibility index (Phi) is 9.13. The Balaban J connectivity index is 1.75. The predicted octanol–water partition coefficient (Wildman–Crippen LogP) is 4.75. The van der Waals surface area contributed by atoms with Gasteiger partial charge < -0.3 is 10.1 Å². The summed E-state index contributed by atoms with van der Waals surface area (Å²) in [5.41, 5.74) is 4.80. The molecule has 2 amide bonds. The van der Waals surface area contributed by atoms with Gasteiger partial charge in [-0.1, -0.05) is 39.7 Å². The maximum atomic E-state index is 12.0. The molecule has 154 valence electrons. The van der Waals surface area contributed by atoms with Crippen molar-refractivity contribution in [3.05, 3.63) is 61.5 Å². The molecule has 0 aliphatic carbocycles. The predicted molar refractivity (Wildman–Crippen MR) is 121 cm³/mol. The van der Waals surface area contributed by atoms with Gasteiger partial charge in [0.15, 0.2) is 6.61 Å². The first-order chi connectivity index (χ1) is 13.7. The molecule has 0 fully saturated rings. The van der Waals surface area contributed by atoms with Gasteiger partial charge in [0, 0.05) is 21.8 Å². The van der Waals surface area contributed by atoms with Gasteiger partial charge in [-0.05, 0) is 65.2 Å². The fourth-order valence-electron chi connectivity index (χ4n) is 2.21. The Morgan fingerprint density at radius 2 is 1.79 bits per heavy atom. The minimum atomic E-state index is -0.418. The highest BCUT2D eigenvalue weighted by Crippen LogP contribution is 2.31. The molecule has 0 atom stereocenters. The number of halogens is 3. The highest BCUT2D eigenvalue weighted by atomic mass is 79.9. The topological polar surface area (TPSA) is 79.8 Å². The van der Waals surface area contributed by atoms with Crippen molar-refractivity contribution in [2.75, 3.05) is 6.61 Å². The highest BCUT2D eigenvalue weighted by molar-refractivity contribution is 9.11. The zero-order valence-electron chi connectivity index (χ0n) is 15.9. The average Bonchev–Trinajstić information content (AvgIpc) is 2.67. The molecular weight excluding hydrogens is 525 g/mol. The van der Waals surface area contributed by atoms with Crippen LogP contribution in [0.4, 0.5) is 0 Å². The van der Waals surface area contributed by atoms with E-state index in [1.165, 1.54) is 0 Å². The molecule has 0 heterocycles. The summed E-state index contributed by atoms with van der Waals surface area (Å²) in [7, 11) is 0. The lowest BCUT2D eigenvalue weighted by molar-refractivity contribution is -0.123. The Morgan fingerprint density at radius 3 is 2.48 bits per heavy atom. The summed E-state index contributed by atoms with van der Waals surface area (Å²) >= 11 is 12.6. The summed E-state index contributed by atoms with van der Waals surface area (Å²) in [5, 5.41) is 7.37.